The summed E-state index contributed by atoms with van der Waals surface area (Å²) in [4.78, 5) is 4.30. The lowest BCUT2D eigenvalue weighted by molar-refractivity contribution is 1.14. The molecule has 0 aliphatic heterocycles. The zero-order chi connectivity index (χ0) is 13.7. The normalized spacial score (nSPS) is 11.4. The first-order valence-electron chi connectivity index (χ1n) is 6.63. The van der Waals surface area contributed by atoms with E-state index < -0.39 is 0 Å². The molecule has 0 aliphatic rings. The SMILES string of the molecule is CCc1ccc(-c2ccccc2C(=NC)NC)cc1. The van der Waals surface area contributed by atoms with Crippen LogP contribution in [-0.2, 0) is 6.42 Å². The van der Waals surface area contributed by atoms with Crippen LogP contribution in [0.25, 0.3) is 11.1 Å². The number of rotatable bonds is 3. The van der Waals surface area contributed by atoms with Crippen LogP contribution in [0, 0.1) is 0 Å². The monoisotopic (exact) mass is 252 g/mol. The number of aryl methyl sites for hydroxylation is 1. The Morgan fingerprint density at radius 1 is 1.05 bits per heavy atom. The van der Waals surface area contributed by atoms with Gasteiger partial charge in [-0.25, -0.2) is 0 Å². The van der Waals surface area contributed by atoms with Crippen LogP contribution in [0.3, 0.4) is 0 Å². The number of amidine groups is 1. The number of hydrogen-bond donors (Lipinski definition) is 1. The Morgan fingerprint density at radius 2 is 1.74 bits per heavy atom. The average Bonchev–Trinajstić information content (AvgIpc) is 2.49. The summed E-state index contributed by atoms with van der Waals surface area (Å²) < 4.78 is 0. The fourth-order valence-corrected chi connectivity index (χ4v) is 2.23. The van der Waals surface area contributed by atoms with Crippen molar-refractivity contribution in [3.63, 3.8) is 0 Å². The molecule has 2 rings (SSSR count). The summed E-state index contributed by atoms with van der Waals surface area (Å²) in [6.07, 6.45) is 1.07. The number of nitrogens with zero attached hydrogens (tertiary/aromatic N) is 1. The predicted octanol–water partition coefficient (Wildman–Crippen LogP) is 3.51. The molecule has 0 fully saturated rings. The molecule has 0 atom stereocenters. The summed E-state index contributed by atoms with van der Waals surface area (Å²) >= 11 is 0. The third kappa shape index (κ3) is 2.84. The van der Waals surface area contributed by atoms with Crippen LogP contribution in [0.1, 0.15) is 18.1 Å². The molecule has 0 amide bonds. The zero-order valence-corrected chi connectivity index (χ0v) is 11.8. The summed E-state index contributed by atoms with van der Waals surface area (Å²) in [5.41, 5.74) is 4.93. The van der Waals surface area contributed by atoms with E-state index in [-0.39, 0.29) is 0 Å². The molecule has 98 valence electrons. The van der Waals surface area contributed by atoms with Gasteiger partial charge >= 0.3 is 0 Å². The van der Waals surface area contributed by atoms with Gasteiger partial charge in [0.15, 0.2) is 0 Å². The molecule has 0 aliphatic carbocycles. The van der Waals surface area contributed by atoms with Crippen molar-refractivity contribution in [1.29, 1.82) is 0 Å². The second-order valence-electron chi connectivity index (χ2n) is 4.42. The molecule has 0 heterocycles. The maximum atomic E-state index is 4.30. The van der Waals surface area contributed by atoms with Gasteiger partial charge in [-0.3, -0.25) is 4.99 Å². The molecule has 0 saturated heterocycles. The third-order valence-corrected chi connectivity index (χ3v) is 3.32. The lowest BCUT2D eigenvalue weighted by atomic mass is 9.97. The van der Waals surface area contributed by atoms with Crippen molar-refractivity contribution < 1.29 is 0 Å². The van der Waals surface area contributed by atoms with Crippen molar-refractivity contribution in [3.05, 3.63) is 59.7 Å². The Labute approximate surface area is 115 Å². The highest BCUT2D eigenvalue weighted by atomic mass is 14.9. The summed E-state index contributed by atoms with van der Waals surface area (Å²) in [6, 6.07) is 17.1. The van der Waals surface area contributed by atoms with E-state index in [0.29, 0.717) is 0 Å². The van der Waals surface area contributed by atoms with Gasteiger partial charge in [0.25, 0.3) is 0 Å². The number of nitrogens with one attached hydrogen (secondary N) is 1. The maximum Gasteiger partial charge on any atom is 0.128 e. The van der Waals surface area contributed by atoms with Gasteiger partial charge < -0.3 is 5.32 Å². The fraction of sp³-hybridized carbons (Fsp3) is 0.235. The Balaban J connectivity index is 2.49. The summed E-state index contributed by atoms with van der Waals surface area (Å²) in [5.74, 6) is 0.912. The minimum absolute atomic E-state index is 0.912. The molecule has 0 unspecified atom stereocenters. The van der Waals surface area contributed by atoms with Gasteiger partial charge in [-0.1, -0.05) is 55.5 Å². The highest BCUT2D eigenvalue weighted by Crippen LogP contribution is 2.24. The number of benzene rings is 2. The van der Waals surface area contributed by atoms with Crippen molar-refractivity contribution in [3.8, 4) is 11.1 Å². The maximum absolute atomic E-state index is 4.30. The van der Waals surface area contributed by atoms with Crippen molar-refractivity contribution in [2.24, 2.45) is 4.99 Å². The summed E-state index contributed by atoms with van der Waals surface area (Å²) in [7, 11) is 3.71. The van der Waals surface area contributed by atoms with E-state index in [1.54, 1.807) is 0 Å². The van der Waals surface area contributed by atoms with E-state index in [1.807, 2.05) is 20.2 Å². The molecule has 2 aromatic rings. The fourth-order valence-electron chi connectivity index (χ4n) is 2.23. The molecule has 2 nitrogen and oxygen atoms in total. The van der Waals surface area contributed by atoms with Gasteiger partial charge in [0, 0.05) is 19.7 Å². The lowest BCUT2D eigenvalue weighted by Gasteiger charge is -2.12. The molecule has 0 bridgehead atoms. The molecular weight excluding hydrogens is 232 g/mol. The second-order valence-corrected chi connectivity index (χ2v) is 4.42. The Kier molecular flexibility index (Phi) is 4.35. The molecule has 0 aromatic heterocycles. The van der Waals surface area contributed by atoms with Crippen molar-refractivity contribution >= 4 is 5.84 Å². The van der Waals surface area contributed by atoms with Gasteiger partial charge in [0.05, 0.1) is 0 Å². The molecule has 2 aromatic carbocycles. The largest absolute Gasteiger partial charge is 0.373 e. The first-order chi connectivity index (χ1) is 9.30. The minimum Gasteiger partial charge on any atom is -0.373 e. The Bertz CT molecular complexity index is 568. The quantitative estimate of drug-likeness (QED) is 0.656. The molecule has 0 saturated carbocycles. The van der Waals surface area contributed by atoms with Gasteiger partial charge in [-0.2, -0.15) is 0 Å². The second kappa shape index (κ2) is 6.19. The van der Waals surface area contributed by atoms with Crippen molar-refractivity contribution in [2.45, 2.75) is 13.3 Å². The van der Waals surface area contributed by atoms with E-state index in [9.17, 15) is 0 Å². The smallest absolute Gasteiger partial charge is 0.128 e. The van der Waals surface area contributed by atoms with Crippen LogP contribution in [0.15, 0.2) is 53.5 Å². The summed E-state index contributed by atoms with van der Waals surface area (Å²) in [6.45, 7) is 2.17. The minimum atomic E-state index is 0.912. The molecule has 2 heteroatoms. The van der Waals surface area contributed by atoms with Crippen LogP contribution >= 0.6 is 0 Å². The standard InChI is InChI=1S/C17H20N2/c1-4-13-9-11-14(12-10-13)15-7-5-6-8-16(15)17(18-2)19-3/h5-12H,4H2,1-3H3,(H,18,19). The van der Waals surface area contributed by atoms with Crippen LogP contribution in [0.5, 0.6) is 0 Å². The average molecular weight is 252 g/mol. The highest BCUT2D eigenvalue weighted by Gasteiger charge is 2.08. The molecule has 19 heavy (non-hydrogen) atoms. The topological polar surface area (TPSA) is 24.4 Å². The van der Waals surface area contributed by atoms with Crippen molar-refractivity contribution in [1.82, 2.24) is 5.32 Å². The van der Waals surface area contributed by atoms with Crippen LogP contribution in [0.4, 0.5) is 0 Å². The first-order valence-corrected chi connectivity index (χ1v) is 6.63. The van der Waals surface area contributed by atoms with E-state index in [2.05, 4.69) is 59.7 Å². The molecule has 1 N–H and O–H groups in total. The van der Waals surface area contributed by atoms with E-state index in [1.165, 1.54) is 16.7 Å². The van der Waals surface area contributed by atoms with Crippen molar-refractivity contribution in [2.75, 3.05) is 14.1 Å². The highest BCUT2D eigenvalue weighted by molar-refractivity contribution is 6.04. The first kappa shape index (κ1) is 13.3. The van der Waals surface area contributed by atoms with Crippen LogP contribution < -0.4 is 5.32 Å². The van der Waals surface area contributed by atoms with Gasteiger partial charge in [0.2, 0.25) is 0 Å². The third-order valence-electron chi connectivity index (χ3n) is 3.32. The van der Waals surface area contributed by atoms with Crippen LogP contribution in [-0.4, -0.2) is 19.9 Å². The summed E-state index contributed by atoms with van der Waals surface area (Å²) in [5, 5.41) is 3.15. The van der Waals surface area contributed by atoms with Gasteiger partial charge in [0.1, 0.15) is 5.84 Å². The van der Waals surface area contributed by atoms with Crippen LogP contribution in [0.2, 0.25) is 0 Å². The lowest BCUT2D eigenvalue weighted by Crippen LogP contribution is -2.20. The zero-order valence-electron chi connectivity index (χ0n) is 11.8. The molecule has 0 radical (unpaired) electrons. The Hall–Kier alpha value is -2.09. The number of hydrogen-bond acceptors (Lipinski definition) is 1. The van der Waals surface area contributed by atoms with E-state index >= 15 is 0 Å². The van der Waals surface area contributed by atoms with E-state index in [4.69, 9.17) is 0 Å². The van der Waals surface area contributed by atoms with Gasteiger partial charge in [-0.05, 0) is 23.1 Å². The molecule has 0 spiro atoms. The van der Waals surface area contributed by atoms with Gasteiger partial charge in [-0.15, -0.1) is 0 Å². The Morgan fingerprint density at radius 3 is 2.32 bits per heavy atom. The predicted molar refractivity (Wildman–Crippen MR) is 82.8 cm³/mol. The molecular formula is C17H20N2. The van der Waals surface area contributed by atoms with E-state index in [0.717, 1.165) is 17.8 Å². The number of aliphatic imine (C=N–C) groups is 1.